The van der Waals surface area contributed by atoms with Crippen molar-refractivity contribution in [3.8, 4) is 11.6 Å². The van der Waals surface area contributed by atoms with Crippen molar-refractivity contribution in [2.45, 2.75) is 32.9 Å². The summed E-state index contributed by atoms with van der Waals surface area (Å²) < 4.78 is 11.1. The third kappa shape index (κ3) is 7.18. The van der Waals surface area contributed by atoms with E-state index < -0.39 is 0 Å². The van der Waals surface area contributed by atoms with Gasteiger partial charge in [-0.1, -0.05) is 24.3 Å². The first-order valence-corrected chi connectivity index (χ1v) is 9.50. The summed E-state index contributed by atoms with van der Waals surface area (Å²) in [6.07, 6.45) is 4.36. The molecule has 0 atom stereocenters. The maximum absolute atomic E-state index is 5.98. The third-order valence-corrected chi connectivity index (χ3v) is 4.36. The van der Waals surface area contributed by atoms with Crippen molar-refractivity contribution in [3.05, 3.63) is 53.7 Å². The Kier molecular flexibility index (Phi) is 9.33. The van der Waals surface area contributed by atoms with E-state index in [-0.39, 0.29) is 24.0 Å². The molecule has 0 radical (unpaired) electrons. The van der Waals surface area contributed by atoms with Crippen LogP contribution in [0.4, 0.5) is 0 Å². The maximum atomic E-state index is 5.98. The molecule has 0 bridgehead atoms. The number of nitrogens with one attached hydrogen (secondary N) is 2. The number of guanidine groups is 1. The molecule has 7 heteroatoms. The Balaban J connectivity index is 0.00000280. The summed E-state index contributed by atoms with van der Waals surface area (Å²) in [5, 5.41) is 6.67. The molecule has 152 valence electrons. The first-order valence-electron chi connectivity index (χ1n) is 9.50. The Bertz CT molecular complexity index is 748. The molecule has 1 aliphatic carbocycles. The van der Waals surface area contributed by atoms with Crippen molar-refractivity contribution < 1.29 is 9.47 Å². The zero-order valence-electron chi connectivity index (χ0n) is 16.5. The van der Waals surface area contributed by atoms with Crippen LogP contribution in [-0.4, -0.2) is 31.2 Å². The highest BCUT2D eigenvalue weighted by molar-refractivity contribution is 14.0. The van der Waals surface area contributed by atoms with Crippen molar-refractivity contribution in [1.29, 1.82) is 0 Å². The molecule has 1 saturated carbocycles. The van der Waals surface area contributed by atoms with E-state index in [0.717, 1.165) is 41.9 Å². The quantitative estimate of drug-likeness (QED) is 0.315. The zero-order chi connectivity index (χ0) is 18.9. The minimum absolute atomic E-state index is 0. The summed E-state index contributed by atoms with van der Waals surface area (Å²) in [5.41, 5.74) is 2.16. The average Bonchev–Trinajstić information content (AvgIpc) is 3.54. The van der Waals surface area contributed by atoms with Crippen LogP contribution in [0.5, 0.6) is 11.6 Å². The van der Waals surface area contributed by atoms with E-state index in [1.807, 2.05) is 30.3 Å². The number of hydrogen-bond donors (Lipinski definition) is 2. The molecule has 2 aromatic rings. The highest BCUT2D eigenvalue weighted by Crippen LogP contribution is 2.30. The molecule has 0 amide bonds. The van der Waals surface area contributed by atoms with Gasteiger partial charge < -0.3 is 20.1 Å². The fourth-order valence-electron chi connectivity index (χ4n) is 2.60. The third-order valence-electron chi connectivity index (χ3n) is 4.36. The van der Waals surface area contributed by atoms with E-state index in [4.69, 9.17) is 9.47 Å². The summed E-state index contributed by atoms with van der Waals surface area (Å²) in [6.45, 7) is 4.88. The van der Waals surface area contributed by atoms with Crippen LogP contribution in [0.15, 0.2) is 47.6 Å². The van der Waals surface area contributed by atoms with Crippen molar-refractivity contribution in [2.24, 2.45) is 10.9 Å². The lowest BCUT2D eigenvalue weighted by Gasteiger charge is -2.14. The van der Waals surface area contributed by atoms with Crippen LogP contribution in [0, 0.1) is 5.92 Å². The normalized spacial score (nSPS) is 13.4. The smallest absolute Gasteiger partial charge is 0.212 e. The first kappa shape index (κ1) is 22.3. The molecule has 1 fully saturated rings. The Morgan fingerprint density at radius 2 is 2.00 bits per heavy atom. The van der Waals surface area contributed by atoms with Crippen LogP contribution in [0.1, 0.15) is 30.9 Å². The lowest BCUT2D eigenvalue weighted by atomic mass is 10.2. The van der Waals surface area contributed by atoms with E-state index in [0.29, 0.717) is 19.0 Å². The van der Waals surface area contributed by atoms with Crippen LogP contribution >= 0.6 is 24.0 Å². The van der Waals surface area contributed by atoms with Gasteiger partial charge in [0.25, 0.3) is 0 Å². The second-order valence-corrected chi connectivity index (χ2v) is 6.62. The number of ether oxygens (including phenoxy) is 2. The number of halogens is 1. The second kappa shape index (κ2) is 11.7. The number of nitrogens with zero attached hydrogens (tertiary/aromatic N) is 2. The summed E-state index contributed by atoms with van der Waals surface area (Å²) in [5.74, 6) is 3.07. The molecule has 0 unspecified atom stereocenters. The van der Waals surface area contributed by atoms with Crippen LogP contribution in [0.3, 0.4) is 0 Å². The van der Waals surface area contributed by atoms with E-state index in [9.17, 15) is 0 Å². The molecule has 0 saturated heterocycles. The lowest BCUT2D eigenvalue weighted by Crippen LogP contribution is -2.36. The van der Waals surface area contributed by atoms with Gasteiger partial charge in [0.2, 0.25) is 5.88 Å². The van der Waals surface area contributed by atoms with Gasteiger partial charge in [0.15, 0.2) is 5.96 Å². The summed E-state index contributed by atoms with van der Waals surface area (Å²) in [6, 6.07) is 12.0. The largest absolute Gasteiger partial charge is 0.493 e. The number of pyridine rings is 1. The summed E-state index contributed by atoms with van der Waals surface area (Å²) >= 11 is 0. The van der Waals surface area contributed by atoms with E-state index >= 15 is 0 Å². The first-order chi connectivity index (χ1) is 13.3. The Hall–Kier alpha value is -2.03. The molecule has 1 heterocycles. The van der Waals surface area contributed by atoms with Gasteiger partial charge in [0, 0.05) is 30.9 Å². The van der Waals surface area contributed by atoms with E-state index in [1.54, 1.807) is 13.3 Å². The summed E-state index contributed by atoms with van der Waals surface area (Å²) in [4.78, 5) is 8.86. The zero-order valence-corrected chi connectivity index (χ0v) is 18.8. The topological polar surface area (TPSA) is 67.8 Å². The number of para-hydroxylation sites is 1. The molecule has 6 nitrogen and oxygen atoms in total. The molecule has 3 rings (SSSR count). The van der Waals surface area contributed by atoms with Gasteiger partial charge in [0.05, 0.1) is 20.3 Å². The fraction of sp³-hybridized carbons (Fsp3) is 0.429. The van der Waals surface area contributed by atoms with Crippen molar-refractivity contribution >= 4 is 29.9 Å². The summed E-state index contributed by atoms with van der Waals surface area (Å²) in [7, 11) is 1.61. The van der Waals surface area contributed by atoms with E-state index in [1.165, 1.54) is 12.8 Å². The standard InChI is InChI=1S/C21H28N4O2.HI/c1-3-22-21(24-13-17-10-11-20(26-2)23-12-17)25-14-18-6-4-5-7-19(18)27-15-16-8-9-16;/h4-7,10-12,16H,3,8-9,13-15H2,1-2H3,(H2,22,24,25);1H. The van der Waals surface area contributed by atoms with Crippen LogP contribution < -0.4 is 20.1 Å². The molecule has 1 aromatic heterocycles. The highest BCUT2D eigenvalue weighted by Gasteiger charge is 2.22. The van der Waals surface area contributed by atoms with Crippen molar-refractivity contribution in [1.82, 2.24) is 15.6 Å². The molecular formula is C21H29IN4O2. The van der Waals surface area contributed by atoms with Crippen LogP contribution in [-0.2, 0) is 13.1 Å². The Morgan fingerprint density at radius 1 is 1.18 bits per heavy atom. The van der Waals surface area contributed by atoms with E-state index in [2.05, 4.69) is 33.6 Å². The highest BCUT2D eigenvalue weighted by atomic mass is 127. The molecule has 1 aromatic carbocycles. The number of aliphatic imine (C=N–C) groups is 1. The number of aromatic nitrogens is 1. The predicted octanol–water partition coefficient (Wildman–Crippen LogP) is 3.75. The number of hydrogen-bond acceptors (Lipinski definition) is 4. The van der Waals surface area contributed by atoms with Crippen LogP contribution in [0.25, 0.3) is 0 Å². The SMILES string of the molecule is CCNC(=NCc1ccc(OC)nc1)NCc1ccccc1OCC1CC1.I. The number of rotatable bonds is 9. The van der Waals surface area contributed by atoms with Gasteiger partial charge in [-0.15, -0.1) is 24.0 Å². The van der Waals surface area contributed by atoms with Gasteiger partial charge in [0.1, 0.15) is 5.75 Å². The van der Waals surface area contributed by atoms with Crippen LogP contribution in [0.2, 0.25) is 0 Å². The minimum Gasteiger partial charge on any atom is -0.493 e. The predicted molar refractivity (Wildman–Crippen MR) is 123 cm³/mol. The van der Waals surface area contributed by atoms with Gasteiger partial charge >= 0.3 is 0 Å². The fourth-order valence-corrected chi connectivity index (χ4v) is 2.60. The minimum atomic E-state index is 0. The van der Waals surface area contributed by atoms with Gasteiger partial charge in [-0.2, -0.15) is 0 Å². The van der Waals surface area contributed by atoms with Crippen molar-refractivity contribution in [2.75, 3.05) is 20.3 Å². The molecule has 0 spiro atoms. The lowest BCUT2D eigenvalue weighted by molar-refractivity contribution is 0.296. The monoisotopic (exact) mass is 496 g/mol. The average molecular weight is 496 g/mol. The number of benzene rings is 1. The number of methoxy groups -OCH3 is 1. The molecule has 1 aliphatic rings. The Morgan fingerprint density at radius 3 is 2.68 bits per heavy atom. The maximum Gasteiger partial charge on any atom is 0.212 e. The molecule has 0 aliphatic heterocycles. The Labute approximate surface area is 184 Å². The molecule has 28 heavy (non-hydrogen) atoms. The van der Waals surface area contributed by atoms with Gasteiger partial charge in [-0.05, 0) is 37.3 Å². The van der Waals surface area contributed by atoms with Crippen molar-refractivity contribution in [3.63, 3.8) is 0 Å². The van der Waals surface area contributed by atoms with Gasteiger partial charge in [-0.3, -0.25) is 0 Å². The molecular weight excluding hydrogens is 467 g/mol. The molecule has 2 N–H and O–H groups in total. The van der Waals surface area contributed by atoms with Gasteiger partial charge in [-0.25, -0.2) is 9.98 Å². The second-order valence-electron chi connectivity index (χ2n) is 6.62.